The number of benzene rings is 2. The number of halogens is 2. The van der Waals surface area contributed by atoms with E-state index in [9.17, 15) is 4.57 Å². The molecule has 1 unspecified atom stereocenters. The van der Waals surface area contributed by atoms with Crippen molar-refractivity contribution in [2.24, 2.45) is 0 Å². The molecule has 0 fully saturated rings. The molecule has 3 rings (SSSR count). The summed E-state index contributed by atoms with van der Waals surface area (Å²) in [5.74, 6) is 0.207. The highest BCUT2D eigenvalue weighted by Crippen LogP contribution is 2.35. The molecule has 7 heteroatoms. The number of hydrogen-bond acceptors (Lipinski definition) is 3. The van der Waals surface area contributed by atoms with E-state index in [0.29, 0.717) is 26.6 Å². The monoisotopic (exact) mass is 352 g/mol. The second-order valence-electron chi connectivity index (χ2n) is 4.47. The summed E-state index contributed by atoms with van der Waals surface area (Å²) in [7, 11) is -2.78. The Labute approximate surface area is 137 Å². The maximum absolute atomic E-state index is 10.9. The first-order valence-electron chi connectivity index (χ1n) is 6.24. The number of hydrogen-bond donors (Lipinski definition) is 1. The van der Waals surface area contributed by atoms with Crippen LogP contribution < -0.4 is 4.52 Å². The normalized spacial score (nSPS) is 11.5. The molecule has 3 aromatic rings. The smallest absolute Gasteiger partial charge is 0.244 e. The molecule has 1 heterocycles. The van der Waals surface area contributed by atoms with Crippen LogP contribution in [0.5, 0.6) is 5.75 Å². The Kier molecular flexibility index (Phi) is 4.27. The lowest BCUT2D eigenvalue weighted by molar-refractivity contribution is 0.412. The Morgan fingerprint density at radius 3 is 2.41 bits per heavy atom. The van der Waals surface area contributed by atoms with Crippen molar-refractivity contribution in [3.05, 3.63) is 58.6 Å². The molecule has 22 heavy (non-hydrogen) atoms. The van der Waals surface area contributed by atoms with Crippen LogP contribution in [0.15, 0.2) is 48.5 Å². The fraction of sp³-hybridized carbons (Fsp3) is 0. The zero-order valence-corrected chi connectivity index (χ0v) is 13.4. The highest BCUT2D eigenvalue weighted by atomic mass is 35.5. The number of nitrogens with zero attached hydrogens (tertiary/aromatic N) is 1. The van der Waals surface area contributed by atoms with Gasteiger partial charge in [-0.15, -0.1) is 4.89 Å². The second-order valence-corrected chi connectivity index (χ2v) is 5.98. The molecule has 0 aliphatic carbocycles. The Balaban J connectivity index is 2.18. The molecular weight excluding hydrogens is 344 g/mol. The van der Waals surface area contributed by atoms with Crippen LogP contribution in [0, 0.1) is 0 Å². The quantitative estimate of drug-likeness (QED) is 0.655. The molecular formula is C15H9Cl2NO3P+. The Morgan fingerprint density at radius 1 is 1.00 bits per heavy atom. The van der Waals surface area contributed by atoms with Gasteiger partial charge >= 0.3 is 8.25 Å². The maximum Gasteiger partial charge on any atom is 0.747 e. The van der Waals surface area contributed by atoms with Gasteiger partial charge in [-0.05, 0) is 36.4 Å². The minimum absolute atomic E-state index is 0.207. The molecule has 110 valence electrons. The Morgan fingerprint density at radius 2 is 1.73 bits per heavy atom. The third-order valence-electron chi connectivity index (χ3n) is 3.08. The van der Waals surface area contributed by atoms with Crippen LogP contribution in [0.3, 0.4) is 0 Å². The summed E-state index contributed by atoms with van der Waals surface area (Å²) in [6, 6.07) is 14.0. The van der Waals surface area contributed by atoms with Gasteiger partial charge in [-0.1, -0.05) is 35.3 Å². The minimum Gasteiger partial charge on any atom is -0.244 e. The van der Waals surface area contributed by atoms with Crippen molar-refractivity contribution in [2.45, 2.75) is 0 Å². The Bertz CT molecular complexity index is 869. The van der Waals surface area contributed by atoms with Crippen LogP contribution in [-0.4, -0.2) is 9.88 Å². The van der Waals surface area contributed by atoms with E-state index in [2.05, 4.69) is 4.98 Å². The minimum atomic E-state index is -2.78. The van der Waals surface area contributed by atoms with Crippen LogP contribution >= 0.6 is 31.5 Å². The van der Waals surface area contributed by atoms with E-state index in [4.69, 9.17) is 32.6 Å². The highest BCUT2D eigenvalue weighted by Gasteiger charge is 2.19. The zero-order valence-electron chi connectivity index (χ0n) is 11.0. The number of aromatic nitrogens is 1. The van der Waals surface area contributed by atoms with Crippen molar-refractivity contribution < 1.29 is 14.0 Å². The number of pyridine rings is 1. The van der Waals surface area contributed by atoms with E-state index >= 15 is 0 Å². The summed E-state index contributed by atoms with van der Waals surface area (Å²) in [4.78, 5) is 13.5. The zero-order chi connectivity index (χ0) is 15.7. The molecule has 0 saturated heterocycles. The molecule has 0 amide bonds. The first-order chi connectivity index (χ1) is 10.5. The summed E-state index contributed by atoms with van der Waals surface area (Å²) in [5, 5.41) is 1.77. The molecule has 1 aromatic heterocycles. The Hall–Kier alpha value is -1.71. The molecule has 2 aromatic carbocycles. The number of rotatable bonds is 3. The van der Waals surface area contributed by atoms with E-state index in [0.717, 1.165) is 5.56 Å². The molecule has 0 aliphatic heterocycles. The van der Waals surface area contributed by atoms with Gasteiger partial charge < -0.3 is 0 Å². The van der Waals surface area contributed by atoms with Crippen molar-refractivity contribution in [3.8, 4) is 17.0 Å². The fourth-order valence-electron chi connectivity index (χ4n) is 2.10. The van der Waals surface area contributed by atoms with Gasteiger partial charge in [0.15, 0.2) is 0 Å². The van der Waals surface area contributed by atoms with E-state index in [1.807, 2.05) is 18.2 Å². The summed E-state index contributed by atoms with van der Waals surface area (Å²) in [6.07, 6.45) is 0. The van der Waals surface area contributed by atoms with Gasteiger partial charge in [0, 0.05) is 20.5 Å². The molecule has 0 radical (unpaired) electrons. The first-order valence-corrected chi connectivity index (χ1v) is 8.12. The molecule has 1 atom stereocenters. The largest absolute Gasteiger partial charge is 0.747 e. The van der Waals surface area contributed by atoms with Crippen molar-refractivity contribution in [1.29, 1.82) is 0 Å². The van der Waals surface area contributed by atoms with E-state index in [1.165, 1.54) is 6.07 Å². The van der Waals surface area contributed by atoms with Gasteiger partial charge in [-0.3, -0.25) is 0 Å². The summed E-state index contributed by atoms with van der Waals surface area (Å²) >= 11 is 12.0. The maximum atomic E-state index is 10.9. The lowest BCUT2D eigenvalue weighted by Gasteiger charge is -2.06. The SMILES string of the molecule is O=[P+](O)Oc1ccc(Cl)c2ccc(-c3ccc(Cl)cc3)nc12. The topological polar surface area (TPSA) is 59.4 Å². The van der Waals surface area contributed by atoms with E-state index in [1.54, 1.807) is 24.3 Å². The van der Waals surface area contributed by atoms with Crippen molar-refractivity contribution >= 4 is 42.4 Å². The molecule has 0 spiro atoms. The third-order valence-corrected chi connectivity index (χ3v) is 4.02. The van der Waals surface area contributed by atoms with E-state index in [-0.39, 0.29) is 5.75 Å². The van der Waals surface area contributed by atoms with E-state index < -0.39 is 8.25 Å². The first kappa shape index (κ1) is 15.2. The molecule has 1 N–H and O–H groups in total. The second kappa shape index (κ2) is 6.19. The predicted octanol–water partition coefficient (Wildman–Crippen LogP) is 5.24. The van der Waals surface area contributed by atoms with Gasteiger partial charge in [0.25, 0.3) is 0 Å². The molecule has 4 nitrogen and oxygen atoms in total. The standard InChI is InChI=1S/C15H8Cl2NO3P/c16-10-3-1-9(2-4-10)13-7-5-11-12(17)6-8-14(15(11)18-13)21-22(19)20/h1-8H/p+1. The van der Waals surface area contributed by atoms with Crippen molar-refractivity contribution in [3.63, 3.8) is 0 Å². The van der Waals surface area contributed by atoms with Crippen LogP contribution in [0.1, 0.15) is 0 Å². The van der Waals surface area contributed by atoms with Crippen LogP contribution in [-0.2, 0) is 4.57 Å². The fourth-order valence-corrected chi connectivity index (χ4v) is 2.75. The van der Waals surface area contributed by atoms with Gasteiger partial charge in [-0.2, -0.15) is 0 Å². The van der Waals surface area contributed by atoms with Crippen molar-refractivity contribution in [1.82, 2.24) is 4.98 Å². The molecule has 0 saturated carbocycles. The predicted molar refractivity (Wildman–Crippen MR) is 87.7 cm³/mol. The number of fused-ring (bicyclic) bond motifs is 1. The molecule has 0 aliphatic rings. The molecule has 0 bridgehead atoms. The van der Waals surface area contributed by atoms with Gasteiger partial charge in [0.1, 0.15) is 5.52 Å². The summed E-state index contributed by atoms with van der Waals surface area (Å²) < 4.78 is 15.9. The summed E-state index contributed by atoms with van der Waals surface area (Å²) in [5.41, 5.74) is 1.98. The van der Waals surface area contributed by atoms with Crippen LogP contribution in [0.4, 0.5) is 0 Å². The summed E-state index contributed by atoms with van der Waals surface area (Å²) in [6.45, 7) is 0. The van der Waals surface area contributed by atoms with Gasteiger partial charge in [0.05, 0.1) is 10.7 Å². The highest BCUT2D eigenvalue weighted by molar-refractivity contribution is 7.32. The lowest BCUT2D eigenvalue weighted by Crippen LogP contribution is -1.90. The third kappa shape index (κ3) is 3.06. The average Bonchev–Trinajstić information content (AvgIpc) is 2.50. The lowest BCUT2D eigenvalue weighted by atomic mass is 10.1. The van der Waals surface area contributed by atoms with Crippen molar-refractivity contribution in [2.75, 3.05) is 0 Å². The van der Waals surface area contributed by atoms with Crippen LogP contribution in [0.2, 0.25) is 10.0 Å². The van der Waals surface area contributed by atoms with Gasteiger partial charge in [0.2, 0.25) is 5.75 Å². The van der Waals surface area contributed by atoms with Crippen LogP contribution in [0.25, 0.3) is 22.2 Å². The average molecular weight is 353 g/mol. The van der Waals surface area contributed by atoms with Gasteiger partial charge in [-0.25, -0.2) is 9.51 Å².